The van der Waals surface area contributed by atoms with Crippen LogP contribution >= 0.6 is 11.3 Å². The van der Waals surface area contributed by atoms with Crippen LogP contribution < -0.4 is 11.1 Å². The van der Waals surface area contributed by atoms with Crippen LogP contribution in [0.1, 0.15) is 38.2 Å². The molecule has 0 radical (unpaired) electrons. The number of nitrogen functional groups attached to an aromatic ring is 1. The van der Waals surface area contributed by atoms with Crippen molar-refractivity contribution in [3.63, 3.8) is 0 Å². The number of hydrogen-bond donors (Lipinski definition) is 2. The van der Waals surface area contributed by atoms with Gasteiger partial charge in [0.2, 0.25) is 0 Å². The van der Waals surface area contributed by atoms with Crippen LogP contribution in [-0.4, -0.2) is 12.0 Å². The number of nitrogens with one attached hydrogen (secondary N) is 1. The van der Waals surface area contributed by atoms with E-state index in [9.17, 15) is 0 Å². The number of nitrogens with zero attached hydrogens (tertiary/aromatic N) is 1. The van der Waals surface area contributed by atoms with Gasteiger partial charge in [-0.15, -0.1) is 0 Å². The molecule has 0 saturated heterocycles. The topological polar surface area (TPSA) is 50.9 Å². The largest absolute Gasteiger partial charge is 0.388 e. The highest BCUT2D eigenvalue weighted by atomic mass is 32.1. The zero-order chi connectivity index (χ0) is 15.2. The number of anilines is 2. The number of allylic oxidation sites excluding steroid dienone is 1. The van der Waals surface area contributed by atoms with Gasteiger partial charge in [0.15, 0.2) is 5.13 Å². The molecule has 0 unspecified atom stereocenters. The number of aromatic nitrogens is 1. The van der Waals surface area contributed by atoms with E-state index in [1.54, 1.807) is 0 Å². The second kappa shape index (κ2) is 7.27. The maximum absolute atomic E-state index is 5.73. The van der Waals surface area contributed by atoms with Crippen molar-refractivity contribution in [2.75, 3.05) is 18.1 Å². The minimum atomic E-state index is 0.603. The monoisotopic (exact) mass is 301 g/mol. The van der Waals surface area contributed by atoms with E-state index in [1.165, 1.54) is 41.7 Å². The standard InChI is InChI=1S/C17H23N3S/c1-4-5-6-7-12(2)14-10-13(8-9-15(14)19-3)16-11-20-17(18)21-16/h8-11,19H,2,4-7H2,1,3H3,(H2,18,20). The molecule has 2 rings (SSSR count). The Hall–Kier alpha value is -1.81. The third-order valence-corrected chi connectivity index (χ3v) is 4.44. The number of nitrogens with two attached hydrogens (primary N) is 1. The van der Waals surface area contributed by atoms with Crippen LogP contribution in [0.4, 0.5) is 10.8 Å². The van der Waals surface area contributed by atoms with Crippen LogP contribution in [0.2, 0.25) is 0 Å². The summed E-state index contributed by atoms with van der Waals surface area (Å²) in [6.07, 6.45) is 6.54. The molecule has 0 amide bonds. The van der Waals surface area contributed by atoms with Gasteiger partial charge in [-0.1, -0.05) is 43.7 Å². The molecule has 0 spiro atoms. The fraction of sp³-hybridized carbons (Fsp3) is 0.353. The Labute approximate surface area is 130 Å². The smallest absolute Gasteiger partial charge is 0.180 e. The van der Waals surface area contributed by atoms with E-state index >= 15 is 0 Å². The Morgan fingerprint density at radius 2 is 2.19 bits per heavy atom. The zero-order valence-electron chi connectivity index (χ0n) is 12.8. The van der Waals surface area contributed by atoms with Crippen molar-refractivity contribution in [3.05, 3.63) is 36.5 Å². The van der Waals surface area contributed by atoms with Gasteiger partial charge >= 0.3 is 0 Å². The maximum Gasteiger partial charge on any atom is 0.180 e. The fourth-order valence-corrected chi connectivity index (χ4v) is 3.03. The molecule has 3 N–H and O–H groups in total. The van der Waals surface area contributed by atoms with Crippen molar-refractivity contribution < 1.29 is 0 Å². The number of rotatable bonds is 7. The maximum atomic E-state index is 5.73. The van der Waals surface area contributed by atoms with E-state index in [0.717, 1.165) is 22.5 Å². The molecule has 0 aliphatic rings. The van der Waals surface area contributed by atoms with Gasteiger partial charge in [0.05, 0.1) is 4.88 Å². The summed E-state index contributed by atoms with van der Waals surface area (Å²) in [5.41, 5.74) is 10.4. The van der Waals surface area contributed by atoms with E-state index in [1.807, 2.05) is 13.2 Å². The van der Waals surface area contributed by atoms with Gasteiger partial charge in [-0.2, -0.15) is 0 Å². The Bertz CT molecular complexity index is 616. The zero-order valence-corrected chi connectivity index (χ0v) is 13.6. The van der Waals surface area contributed by atoms with E-state index in [2.05, 4.69) is 42.0 Å². The molecule has 21 heavy (non-hydrogen) atoms. The summed E-state index contributed by atoms with van der Waals surface area (Å²) in [4.78, 5) is 5.22. The lowest BCUT2D eigenvalue weighted by Gasteiger charge is -2.13. The van der Waals surface area contributed by atoms with Gasteiger partial charge < -0.3 is 11.1 Å². The van der Waals surface area contributed by atoms with Crippen molar-refractivity contribution in [3.8, 4) is 10.4 Å². The SMILES string of the molecule is C=C(CCCCC)c1cc(-c2cnc(N)s2)ccc1NC. The molecule has 0 saturated carbocycles. The third kappa shape index (κ3) is 3.85. The number of hydrogen-bond acceptors (Lipinski definition) is 4. The molecule has 1 heterocycles. The summed E-state index contributed by atoms with van der Waals surface area (Å²) in [5.74, 6) is 0. The molecule has 3 nitrogen and oxygen atoms in total. The molecule has 2 aromatic rings. The molecule has 0 atom stereocenters. The van der Waals surface area contributed by atoms with Gasteiger partial charge in [-0.25, -0.2) is 4.98 Å². The number of thiazole rings is 1. The normalized spacial score (nSPS) is 10.6. The summed E-state index contributed by atoms with van der Waals surface area (Å²) in [5, 5.41) is 3.86. The van der Waals surface area contributed by atoms with Crippen LogP contribution in [0, 0.1) is 0 Å². The minimum Gasteiger partial charge on any atom is -0.388 e. The summed E-state index contributed by atoms with van der Waals surface area (Å²) < 4.78 is 0. The first kappa shape index (κ1) is 15.6. The lowest BCUT2D eigenvalue weighted by Crippen LogP contribution is -1.95. The third-order valence-electron chi connectivity index (χ3n) is 3.56. The molecule has 1 aromatic heterocycles. The van der Waals surface area contributed by atoms with Crippen molar-refractivity contribution in [2.45, 2.75) is 32.6 Å². The Balaban J connectivity index is 2.27. The van der Waals surface area contributed by atoms with Crippen LogP contribution in [0.25, 0.3) is 16.0 Å². The Morgan fingerprint density at radius 1 is 1.38 bits per heavy atom. The second-order valence-corrected chi connectivity index (χ2v) is 6.20. The highest BCUT2D eigenvalue weighted by Gasteiger charge is 2.09. The van der Waals surface area contributed by atoms with E-state index in [-0.39, 0.29) is 0 Å². The lowest BCUT2D eigenvalue weighted by atomic mass is 9.97. The summed E-state index contributed by atoms with van der Waals surface area (Å²) in [6.45, 7) is 6.49. The van der Waals surface area contributed by atoms with Gasteiger partial charge in [0, 0.05) is 24.5 Å². The fourth-order valence-electron chi connectivity index (χ4n) is 2.35. The minimum absolute atomic E-state index is 0.603. The molecule has 112 valence electrons. The molecule has 0 fully saturated rings. The van der Waals surface area contributed by atoms with Gasteiger partial charge in [-0.3, -0.25) is 0 Å². The number of unbranched alkanes of at least 4 members (excludes halogenated alkanes) is 2. The second-order valence-electron chi connectivity index (χ2n) is 5.13. The number of benzene rings is 1. The first-order chi connectivity index (χ1) is 10.2. The van der Waals surface area contributed by atoms with Crippen molar-refractivity contribution in [1.29, 1.82) is 0 Å². The quantitative estimate of drug-likeness (QED) is 0.705. The molecule has 1 aromatic carbocycles. The molecule has 0 aliphatic carbocycles. The van der Waals surface area contributed by atoms with Crippen molar-refractivity contribution in [1.82, 2.24) is 4.98 Å². The molecular formula is C17H23N3S. The predicted octanol–water partition coefficient (Wildman–Crippen LogP) is 5.03. The molecular weight excluding hydrogens is 278 g/mol. The average molecular weight is 301 g/mol. The average Bonchev–Trinajstić information content (AvgIpc) is 2.93. The Morgan fingerprint density at radius 3 is 2.81 bits per heavy atom. The van der Waals surface area contributed by atoms with Crippen LogP contribution in [-0.2, 0) is 0 Å². The summed E-state index contributed by atoms with van der Waals surface area (Å²) in [6, 6.07) is 6.39. The highest BCUT2D eigenvalue weighted by Crippen LogP contribution is 2.34. The predicted molar refractivity (Wildman–Crippen MR) is 94.7 cm³/mol. The molecule has 0 bridgehead atoms. The van der Waals surface area contributed by atoms with Gasteiger partial charge in [-0.05, 0) is 36.1 Å². The highest BCUT2D eigenvalue weighted by molar-refractivity contribution is 7.18. The van der Waals surface area contributed by atoms with Crippen LogP contribution in [0.15, 0.2) is 31.0 Å². The molecule has 0 aliphatic heterocycles. The van der Waals surface area contributed by atoms with E-state index < -0.39 is 0 Å². The van der Waals surface area contributed by atoms with E-state index in [0.29, 0.717) is 5.13 Å². The Kier molecular flexibility index (Phi) is 5.39. The summed E-state index contributed by atoms with van der Waals surface area (Å²) in [7, 11) is 1.95. The van der Waals surface area contributed by atoms with Crippen LogP contribution in [0.3, 0.4) is 0 Å². The van der Waals surface area contributed by atoms with Crippen LogP contribution in [0.5, 0.6) is 0 Å². The molecule has 4 heteroatoms. The van der Waals surface area contributed by atoms with E-state index in [4.69, 9.17) is 5.73 Å². The van der Waals surface area contributed by atoms with Gasteiger partial charge in [0.1, 0.15) is 0 Å². The summed E-state index contributed by atoms with van der Waals surface area (Å²) >= 11 is 1.51. The van der Waals surface area contributed by atoms with Crippen molar-refractivity contribution in [2.24, 2.45) is 0 Å². The first-order valence-electron chi connectivity index (χ1n) is 7.37. The van der Waals surface area contributed by atoms with Crippen molar-refractivity contribution >= 4 is 27.7 Å². The lowest BCUT2D eigenvalue weighted by molar-refractivity contribution is 0.736. The first-order valence-corrected chi connectivity index (χ1v) is 8.19. The van der Waals surface area contributed by atoms with Gasteiger partial charge in [0.25, 0.3) is 0 Å².